The van der Waals surface area contributed by atoms with Crippen LogP contribution in [-0.2, 0) is 4.79 Å². The Morgan fingerprint density at radius 3 is 2.94 bits per heavy atom. The van der Waals surface area contributed by atoms with Gasteiger partial charge in [-0.05, 0) is 50.6 Å². The molecule has 1 aliphatic rings. The largest absolute Gasteiger partial charge is 0.326 e. The number of carbonyl (C=O) groups is 1. The second-order valence-electron chi connectivity index (χ2n) is 5.13. The third kappa shape index (κ3) is 3.47. The van der Waals surface area contributed by atoms with E-state index in [0.29, 0.717) is 17.4 Å². The van der Waals surface area contributed by atoms with Crippen LogP contribution in [0.15, 0.2) is 18.2 Å². The summed E-state index contributed by atoms with van der Waals surface area (Å²) in [6.45, 7) is 4.05. The molecule has 1 fully saturated rings. The van der Waals surface area contributed by atoms with Crippen molar-refractivity contribution in [2.45, 2.75) is 19.8 Å². The number of nitrogens with one attached hydrogen (secondary N) is 1. The van der Waals surface area contributed by atoms with E-state index in [0.717, 1.165) is 30.8 Å². The van der Waals surface area contributed by atoms with Crippen molar-refractivity contribution in [3.63, 3.8) is 0 Å². The van der Waals surface area contributed by atoms with Gasteiger partial charge < -0.3 is 10.2 Å². The summed E-state index contributed by atoms with van der Waals surface area (Å²) in [4.78, 5) is 14.2. The van der Waals surface area contributed by atoms with Gasteiger partial charge in [-0.1, -0.05) is 17.7 Å². The quantitative estimate of drug-likeness (QED) is 0.912. The number of aryl methyl sites for hydroxylation is 1. The first-order valence-corrected chi connectivity index (χ1v) is 6.67. The summed E-state index contributed by atoms with van der Waals surface area (Å²) in [5.41, 5.74) is 1.80. The normalized spacial score (nSPS) is 20.1. The lowest BCUT2D eigenvalue weighted by atomic mass is 10.0. The summed E-state index contributed by atoms with van der Waals surface area (Å²) in [5.74, 6) is 0.561. The third-order valence-electron chi connectivity index (χ3n) is 3.42. The smallest absolute Gasteiger partial charge is 0.224 e. The zero-order valence-corrected chi connectivity index (χ0v) is 11.6. The number of halogens is 1. The van der Waals surface area contributed by atoms with Crippen molar-refractivity contribution < 1.29 is 4.79 Å². The standard InChI is InChI=1S/C14H19ClN2O/c1-10-3-4-12(8-13(10)15)16-14(18)7-11-5-6-17(2)9-11/h3-4,8,11H,5-7,9H2,1-2H3,(H,16,18). The Bertz CT molecular complexity index is 447. The fraction of sp³-hybridized carbons (Fsp3) is 0.500. The van der Waals surface area contributed by atoms with E-state index >= 15 is 0 Å². The Hall–Kier alpha value is -1.06. The van der Waals surface area contributed by atoms with Crippen LogP contribution in [0.25, 0.3) is 0 Å². The second-order valence-corrected chi connectivity index (χ2v) is 5.54. The lowest BCUT2D eigenvalue weighted by Gasteiger charge is -2.11. The molecule has 1 aromatic rings. The average molecular weight is 267 g/mol. The van der Waals surface area contributed by atoms with Crippen LogP contribution in [0.5, 0.6) is 0 Å². The summed E-state index contributed by atoms with van der Waals surface area (Å²) in [5, 5.41) is 3.60. The predicted octanol–water partition coefficient (Wildman–Crippen LogP) is 2.93. The summed E-state index contributed by atoms with van der Waals surface area (Å²) < 4.78 is 0. The van der Waals surface area contributed by atoms with Crippen molar-refractivity contribution in [2.24, 2.45) is 5.92 Å². The SMILES string of the molecule is Cc1ccc(NC(=O)CC2CCN(C)C2)cc1Cl. The van der Waals surface area contributed by atoms with Crippen LogP contribution in [0, 0.1) is 12.8 Å². The van der Waals surface area contributed by atoms with Crippen LogP contribution in [-0.4, -0.2) is 30.9 Å². The van der Waals surface area contributed by atoms with Crippen LogP contribution in [0.2, 0.25) is 5.02 Å². The zero-order chi connectivity index (χ0) is 13.1. The van der Waals surface area contributed by atoms with Crippen molar-refractivity contribution in [2.75, 3.05) is 25.5 Å². The first-order chi connectivity index (χ1) is 8.54. The number of carbonyl (C=O) groups excluding carboxylic acids is 1. The highest BCUT2D eigenvalue weighted by Crippen LogP contribution is 2.22. The van der Waals surface area contributed by atoms with Crippen molar-refractivity contribution in [1.29, 1.82) is 0 Å². The molecule has 4 heteroatoms. The Morgan fingerprint density at radius 2 is 2.33 bits per heavy atom. The number of benzene rings is 1. The zero-order valence-electron chi connectivity index (χ0n) is 10.9. The van der Waals surface area contributed by atoms with Gasteiger partial charge in [0.05, 0.1) is 0 Å². The van der Waals surface area contributed by atoms with Gasteiger partial charge in [-0.2, -0.15) is 0 Å². The summed E-state index contributed by atoms with van der Waals surface area (Å²) in [6.07, 6.45) is 1.70. The number of likely N-dealkylation sites (tertiary alicyclic amines) is 1. The van der Waals surface area contributed by atoms with Gasteiger partial charge in [0.15, 0.2) is 0 Å². The van der Waals surface area contributed by atoms with Crippen molar-refractivity contribution in [3.05, 3.63) is 28.8 Å². The molecular formula is C14H19ClN2O. The molecule has 1 amide bonds. The third-order valence-corrected chi connectivity index (χ3v) is 3.83. The second kappa shape index (κ2) is 5.72. The molecule has 1 heterocycles. The summed E-state index contributed by atoms with van der Waals surface area (Å²) in [7, 11) is 2.09. The van der Waals surface area contributed by atoms with Gasteiger partial charge in [-0.3, -0.25) is 4.79 Å². The summed E-state index contributed by atoms with van der Waals surface area (Å²) in [6, 6.07) is 5.61. The number of nitrogens with zero attached hydrogens (tertiary/aromatic N) is 1. The first-order valence-electron chi connectivity index (χ1n) is 6.29. The van der Waals surface area contributed by atoms with E-state index in [1.807, 2.05) is 19.1 Å². The fourth-order valence-corrected chi connectivity index (χ4v) is 2.52. The molecular weight excluding hydrogens is 248 g/mol. The van der Waals surface area contributed by atoms with Gasteiger partial charge in [0.25, 0.3) is 0 Å². The monoisotopic (exact) mass is 266 g/mol. The molecule has 0 aromatic heterocycles. The van der Waals surface area contributed by atoms with Gasteiger partial charge in [0, 0.05) is 23.7 Å². The number of anilines is 1. The van der Waals surface area contributed by atoms with Crippen LogP contribution >= 0.6 is 11.6 Å². The molecule has 3 nitrogen and oxygen atoms in total. The Kier molecular flexibility index (Phi) is 4.25. The molecule has 0 saturated carbocycles. The van der Waals surface area contributed by atoms with E-state index in [9.17, 15) is 4.79 Å². The van der Waals surface area contributed by atoms with E-state index < -0.39 is 0 Å². The van der Waals surface area contributed by atoms with Gasteiger partial charge >= 0.3 is 0 Å². The van der Waals surface area contributed by atoms with Gasteiger partial charge in [0.2, 0.25) is 5.91 Å². The minimum Gasteiger partial charge on any atom is -0.326 e. The molecule has 1 saturated heterocycles. The van der Waals surface area contributed by atoms with Gasteiger partial charge in [-0.15, -0.1) is 0 Å². The van der Waals surface area contributed by atoms with Crippen LogP contribution in [0.4, 0.5) is 5.69 Å². The molecule has 0 spiro atoms. The van der Waals surface area contributed by atoms with Crippen molar-refractivity contribution in [1.82, 2.24) is 4.90 Å². The molecule has 1 atom stereocenters. The fourth-order valence-electron chi connectivity index (χ4n) is 2.34. The topological polar surface area (TPSA) is 32.3 Å². The first kappa shape index (κ1) is 13.4. The minimum atomic E-state index is 0.0789. The van der Waals surface area contributed by atoms with Crippen LogP contribution < -0.4 is 5.32 Å². The van der Waals surface area contributed by atoms with Crippen LogP contribution in [0.1, 0.15) is 18.4 Å². The van der Waals surface area contributed by atoms with Crippen molar-refractivity contribution >= 4 is 23.2 Å². The highest BCUT2D eigenvalue weighted by atomic mass is 35.5. The Labute approximate surface area is 113 Å². The van der Waals surface area contributed by atoms with Crippen molar-refractivity contribution in [3.8, 4) is 0 Å². The molecule has 1 aromatic carbocycles. The lowest BCUT2D eigenvalue weighted by molar-refractivity contribution is -0.117. The molecule has 98 valence electrons. The van der Waals surface area contributed by atoms with Gasteiger partial charge in [-0.25, -0.2) is 0 Å². The predicted molar refractivity (Wildman–Crippen MR) is 75.0 cm³/mol. The molecule has 0 bridgehead atoms. The molecule has 1 aliphatic heterocycles. The average Bonchev–Trinajstić information content (AvgIpc) is 2.69. The van der Waals surface area contributed by atoms with Crippen LogP contribution in [0.3, 0.4) is 0 Å². The molecule has 18 heavy (non-hydrogen) atoms. The van der Waals surface area contributed by atoms with E-state index in [2.05, 4.69) is 17.3 Å². The maximum Gasteiger partial charge on any atom is 0.224 e. The molecule has 0 aliphatic carbocycles. The highest BCUT2D eigenvalue weighted by Gasteiger charge is 2.21. The van der Waals surface area contributed by atoms with E-state index in [4.69, 9.17) is 11.6 Å². The maximum absolute atomic E-state index is 11.9. The summed E-state index contributed by atoms with van der Waals surface area (Å²) >= 11 is 6.03. The number of rotatable bonds is 3. The Balaban J connectivity index is 1.89. The molecule has 2 rings (SSSR count). The molecule has 1 N–H and O–H groups in total. The molecule has 0 radical (unpaired) electrons. The number of amides is 1. The lowest BCUT2D eigenvalue weighted by Crippen LogP contribution is -2.19. The Morgan fingerprint density at radius 1 is 1.56 bits per heavy atom. The minimum absolute atomic E-state index is 0.0789. The van der Waals surface area contributed by atoms with Gasteiger partial charge in [0.1, 0.15) is 0 Å². The van der Waals surface area contributed by atoms with E-state index in [1.165, 1.54) is 0 Å². The molecule has 1 unspecified atom stereocenters. The van der Waals surface area contributed by atoms with E-state index in [1.54, 1.807) is 6.07 Å². The van der Waals surface area contributed by atoms with E-state index in [-0.39, 0.29) is 5.91 Å². The highest BCUT2D eigenvalue weighted by molar-refractivity contribution is 6.31. The number of hydrogen-bond donors (Lipinski definition) is 1. The number of hydrogen-bond acceptors (Lipinski definition) is 2. The maximum atomic E-state index is 11.9.